The molecule has 0 atom stereocenters. The number of hydrogen-bond donors (Lipinski definition) is 0. The van der Waals surface area contributed by atoms with Crippen LogP contribution in [0.4, 0.5) is 13.2 Å². The Hall–Kier alpha value is -2.14. The van der Waals surface area contributed by atoms with Crippen molar-refractivity contribution in [3.63, 3.8) is 0 Å². The summed E-state index contributed by atoms with van der Waals surface area (Å²) in [6.07, 6.45) is -4.77. The second-order valence-electron chi connectivity index (χ2n) is 4.13. The lowest BCUT2D eigenvalue weighted by Crippen LogP contribution is -2.38. The quantitative estimate of drug-likeness (QED) is 0.799. The molecule has 2 nitrogen and oxygen atoms in total. The van der Waals surface area contributed by atoms with Crippen LogP contribution in [0.3, 0.4) is 0 Å². The van der Waals surface area contributed by atoms with Crippen molar-refractivity contribution in [2.24, 2.45) is 0 Å². The first kappa shape index (κ1) is 14.3. The lowest BCUT2D eigenvalue weighted by Gasteiger charge is -2.30. The molecule has 2 aromatic carbocycles. The molecule has 0 amide bonds. The van der Waals surface area contributed by atoms with Crippen LogP contribution in [0, 0.1) is 0 Å². The second kappa shape index (κ2) is 5.46. The summed E-state index contributed by atoms with van der Waals surface area (Å²) >= 11 is 0. The van der Waals surface area contributed by atoms with Crippen LogP contribution in [0.5, 0.6) is 0 Å². The van der Waals surface area contributed by atoms with Gasteiger partial charge in [-0.25, -0.2) is 0 Å². The minimum absolute atomic E-state index is 0.124. The number of carbonyl (C=O) groups excluding carboxylic acids is 1. The molecule has 0 fully saturated rings. The Labute approximate surface area is 113 Å². The van der Waals surface area contributed by atoms with Gasteiger partial charge in [-0.1, -0.05) is 60.7 Å². The molecule has 0 saturated carbocycles. The maximum atomic E-state index is 12.7. The van der Waals surface area contributed by atoms with Crippen molar-refractivity contribution in [1.82, 2.24) is 0 Å². The Balaban J connectivity index is 2.61. The van der Waals surface area contributed by atoms with Crippen LogP contribution in [0.2, 0.25) is 0 Å². The fourth-order valence-corrected chi connectivity index (χ4v) is 2.00. The minimum atomic E-state index is -4.94. The van der Waals surface area contributed by atoms with Crippen molar-refractivity contribution in [3.05, 3.63) is 71.8 Å². The topological polar surface area (TPSA) is 26.3 Å². The fourth-order valence-electron chi connectivity index (χ4n) is 2.00. The van der Waals surface area contributed by atoms with Gasteiger partial charge in [0, 0.05) is 0 Å². The van der Waals surface area contributed by atoms with E-state index < -0.39 is 12.0 Å². The molecule has 0 spiro atoms. The van der Waals surface area contributed by atoms with E-state index in [1.807, 2.05) is 0 Å². The van der Waals surface area contributed by atoms with E-state index in [1.54, 1.807) is 36.4 Å². The predicted octanol–water partition coefficient (Wildman–Crippen LogP) is 3.67. The molecule has 0 aliphatic carbocycles. The third kappa shape index (κ3) is 2.88. The zero-order valence-corrected chi connectivity index (χ0v) is 10.3. The van der Waals surface area contributed by atoms with E-state index in [0.29, 0.717) is 0 Å². The highest BCUT2D eigenvalue weighted by molar-refractivity contribution is 5.72. The van der Waals surface area contributed by atoms with Gasteiger partial charge >= 0.3 is 6.36 Å². The van der Waals surface area contributed by atoms with Crippen LogP contribution in [0.15, 0.2) is 60.7 Å². The summed E-state index contributed by atoms with van der Waals surface area (Å²) in [6.45, 7) is 0. The number of aldehydes is 1. The summed E-state index contributed by atoms with van der Waals surface area (Å²) in [7, 11) is 0. The summed E-state index contributed by atoms with van der Waals surface area (Å²) in [5.41, 5.74) is -1.95. The third-order valence-electron chi connectivity index (χ3n) is 2.85. The standard InChI is InChI=1S/C15H11F3O2/c16-15(17,18)20-14(11-19,12-7-3-1-4-8-12)13-9-5-2-6-10-13/h1-11H. The molecule has 5 heteroatoms. The minimum Gasteiger partial charge on any atom is -0.299 e. The van der Waals surface area contributed by atoms with Crippen LogP contribution in [0.25, 0.3) is 0 Å². The van der Waals surface area contributed by atoms with Crippen molar-refractivity contribution in [1.29, 1.82) is 0 Å². The number of carbonyl (C=O) groups is 1. The molecule has 0 bridgehead atoms. The van der Waals surface area contributed by atoms with Crippen molar-refractivity contribution < 1.29 is 22.7 Å². The molecule has 0 aromatic heterocycles. The van der Waals surface area contributed by atoms with Crippen LogP contribution < -0.4 is 0 Å². The van der Waals surface area contributed by atoms with Crippen molar-refractivity contribution in [2.75, 3.05) is 0 Å². The molecule has 0 radical (unpaired) electrons. The third-order valence-corrected chi connectivity index (χ3v) is 2.85. The van der Waals surface area contributed by atoms with Gasteiger partial charge in [-0.05, 0) is 11.1 Å². The van der Waals surface area contributed by atoms with E-state index in [1.165, 1.54) is 24.3 Å². The Morgan fingerprint density at radius 3 is 1.50 bits per heavy atom. The van der Waals surface area contributed by atoms with E-state index in [9.17, 15) is 18.0 Å². The van der Waals surface area contributed by atoms with Gasteiger partial charge < -0.3 is 0 Å². The number of alkyl halides is 3. The molecule has 0 saturated heterocycles. The average Bonchev–Trinajstić information content (AvgIpc) is 2.46. The SMILES string of the molecule is O=CC(OC(F)(F)F)(c1ccccc1)c1ccccc1. The Bertz CT molecular complexity index is 525. The van der Waals surface area contributed by atoms with Gasteiger partial charge in [-0.2, -0.15) is 0 Å². The highest BCUT2D eigenvalue weighted by Gasteiger charge is 2.46. The molecular weight excluding hydrogens is 269 g/mol. The first-order chi connectivity index (χ1) is 9.48. The fraction of sp³-hybridized carbons (Fsp3) is 0.133. The van der Waals surface area contributed by atoms with Gasteiger partial charge in [0.2, 0.25) is 0 Å². The zero-order valence-electron chi connectivity index (χ0n) is 10.3. The van der Waals surface area contributed by atoms with Crippen molar-refractivity contribution in [3.8, 4) is 0 Å². The van der Waals surface area contributed by atoms with Gasteiger partial charge in [0.15, 0.2) is 11.9 Å². The van der Waals surface area contributed by atoms with Gasteiger partial charge in [0.05, 0.1) is 0 Å². The van der Waals surface area contributed by atoms with E-state index in [2.05, 4.69) is 4.74 Å². The lowest BCUT2D eigenvalue weighted by molar-refractivity contribution is -0.354. The normalized spacial score (nSPS) is 12.2. The van der Waals surface area contributed by atoms with Crippen LogP contribution >= 0.6 is 0 Å². The predicted molar refractivity (Wildman–Crippen MR) is 66.9 cm³/mol. The van der Waals surface area contributed by atoms with Gasteiger partial charge in [0.1, 0.15) is 0 Å². The Kier molecular flexibility index (Phi) is 3.90. The van der Waals surface area contributed by atoms with E-state index in [-0.39, 0.29) is 17.4 Å². The van der Waals surface area contributed by atoms with Crippen LogP contribution in [-0.4, -0.2) is 12.6 Å². The number of benzene rings is 2. The van der Waals surface area contributed by atoms with Crippen molar-refractivity contribution in [2.45, 2.75) is 12.0 Å². The number of rotatable bonds is 4. The molecule has 0 heterocycles. The molecular formula is C15H11F3O2. The van der Waals surface area contributed by atoms with Gasteiger partial charge in [0.25, 0.3) is 0 Å². The molecule has 104 valence electrons. The molecule has 2 aromatic rings. The van der Waals surface area contributed by atoms with Gasteiger partial charge in [-0.15, -0.1) is 13.2 Å². The van der Waals surface area contributed by atoms with Gasteiger partial charge in [-0.3, -0.25) is 9.53 Å². The average molecular weight is 280 g/mol. The smallest absolute Gasteiger partial charge is 0.299 e. The summed E-state index contributed by atoms with van der Waals surface area (Å²) in [4.78, 5) is 11.5. The largest absolute Gasteiger partial charge is 0.524 e. The van der Waals surface area contributed by atoms with Crippen LogP contribution in [0.1, 0.15) is 11.1 Å². The molecule has 0 aliphatic rings. The lowest BCUT2D eigenvalue weighted by atomic mass is 9.87. The molecule has 2 rings (SSSR count). The summed E-state index contributed by atoms with van der Waals surface area (Å²) in [5, 5.41) is 0. The summed E-state index contributed by atoms with van der Waals surface area (Å²) in [6, 6.07) is 15.2. The highest BCUT2D eigenvalue weighted by atomic mass is 19.4. The molecule has 0 N–H and O–H groups in total. The molecule has 20 heavy (non-hydrogen) atoms. The van der Waals surface area contributed by atoms with E-state index in [0.717, 1.165) is 0 Å². The first-order valence-corrected chi connectivity index (χ1v) is 5.82. The second-order valence-corrected chi connectivity index (χ2v) is 4.13. The number of hydrogen-bond acceptors (Lipinski definition) is 2. The first-order valence-electron chi connectivity index (χ1n) is 5.82. The Morgan fingerprint density at radius 2 is 1.20 bits per heavy atom. The van der Waals surface area contributed by atoms with Crippen LogP contribution in [-0.2, 0) is 15.1 Å². The zero-order chi connectivity index (χ0) is 14.6. The summed E-state index contributed by atoms with van der Waals surface area (Å²) in [5.74, 6) is 0. The highest BCUT2D eigenvalue weighted by Crippen LogP contribution is 2.37. The number of ether oxygens (including phenoxy) is 1. The van der Waals surface area contributed by atoms with E-state index >= 15 is 0 Å². The monoisotopic (exact) mass is 280 g/mol. The molecule has 0 aliphatic heterocycles. The summed E-state index contributed by atoms with van der Waals surface area (Å²) < 4.78 is 42.4. The number of halogens is 3. The Morgan fingerprint density at radius 1 is 0.800 bits per heavy atom. The van der Waals surface area contributed by atoms with Crippen molar-refractivity contribution >= 4 is 6.29 Å². The van der Waals surface area contributed by atoms with E-state index in [4.69, 9.17) is 0 Å². The molecule has 0 unspecified atom stereocenters. The maximum absolute atomic E-state index is 12.7. The maximum Gasteiger partial charge on any atom is 0.524 e.